The lowest BCUT2D eigenvalue weighted by molar-refractivity contribution is -0.118. The van der Waals surface area contributed by atoms with Crippen molar-refractivity contribution >= 4 is 38.3 Å². The van der Waals surface area contributed by atoms with Gasteiger partial charge in [-0.05, 0) is 49.2 Å². The number of thiazole rings is 1. The molecule has 1 amide bonds. The largest absolute Gasteiger partial charge is 0.483 e. The van der Waals surface area contributed by atoms with E-state index >= 15 is 0 Å². The van der Waals surface area contributed by atoms with E-state index in [2.05, 4.69) is 15.7 Å². The molecule has 124 valence electrons. The minimum absolute atomic E-state index is 0.0410. The molecule has 2 aromatic carbocycles. The number of hydrogen-bond acceptors (Lipinski definition) is 6. The summed E-state index contributed by atoms with van der Waals surface area (Å²) in [5, 5.41) is 3.46. The van der Waals surface area contributed by atoms with Crippen LogP contribution in [-0.4, -0.2) is 17.5 Å². The van der Waals surface area contributed by atoms with Crippen molar-refractivity contribution in [3.05, 3.63) is 47.5 Å². The number of anilines is 2. The predicted molar refractivity (Wildman–Crippen MR) is 97.5 cm³/mol. The zero-order valence-corrected chi connectivity index (χ0v) is 14.2. The van der Waals surface area contributed by atoms with E-state index < -0.39 is 0 Å². The molecule has 0 spiro atoms. The maximum Gasteiger partial charge on any atom is 0.262 e. The van der Waals surface area contributed by atoms with Crippen molar-refractivity contribution in [2.24, 2.45) is 5.84 Å². The third kappa shape index (κ3) is 3.47. The fraction of sp³-hybridized carbons (Fsp3) is 0.176. The van der Waals surface area contributed by atoms with Gasteiger partial charge in [0.15, 0.2) is 11.7 Å². The Hall–Kier alpha value is -2.64. The van der Waals surface area contributed by atoms with Crippen LogP contribution < -0.4 is 21.3 Å². The van der Waals surface area contributed by atoms with Gasteiger partial charge >= 0.3 is 0 Å². The summed E-state index contributed by atoms with van der Waals surface area (Å²) in [6.07, 6.45) is 0. The van der Waals surface area contributed by atoms with Gasteiger partial charge in [-0.25, -0.2) is 10.8 Å². The Morgan fingerprint density at radius 3 is 2.92 bits per heavy atom. The van der Waals surface area contributed by atoms with Crippen LogP contribution in [0.25, 0.3) is 10.2 Å². The first-order chi connectivity index (χ1) is 11.6. The standard InChI is InChI=1S/C17H18N4O2S/c1-10-4-3-5-14(11(10)2)23-9-16(22)19-12-6-7-13-15(8-12)24-17(20-13)21-18/h3-8H,9,18H2,1-2H3,(H,19,22)(H,20,21). The summed E-state index contributed by atoms with van der Waals surface area (Å²) in [6.45, 7) is 3.95. The van der Waals surface area contributed by atoms with Gasteiger partial charge in [0.2, 0.25) is 0 Å². The summed E-state index contributed by atoms with van der Waals surface area (Å²) in [5.41, 5.74) is 6.23. The van der Waals surface area contributed by atoms with Crippen molar-refractivity contribution in [3.8, 4) is 5.75 Å². The van der Waals surface area contributed by atoms with E-state index in [4.69, 9.17) is 10.6 Å². The number of amides is 1. The highest BCUT2D eigenvalue weighted by Crippen LogP contribution is 2.27. The van der Waals surface area contributed by atoms with Gasteiger partial charge in [0.25, 0.3) is 5.91 Å². The van der Waals surface area contributed by atoms with Crippen molar-refractivity contribution in [2.75, 3.05) is 17.3 Å². The minimum Gasteiger partial charge on any atom is -0.483 e. The third-order valence-electron chi connectivity index (χ3n) is 3.71. The van der Waals surface area contributed by atoms with Crippen LogP contribution in [0, 0.1) is 13.8 Å². The summed E-state index contributed by atoms with van der Waals surface area (Å²) in [6, 6.07) is 11.3. The number of hydrazine groups is 1. The normalized spacial score (nSPS) is 10.6. The highest BCUT2D eigenvalue weighted by Gasteiger charge is 2.08. The van der Waals surface area contributed by atoms with Crippen LogP contribution >= 0.6 is 11.3 Å². The van der Waals surface area contributed by atoms with Gasteiger partial charge in [0, 0.05) is 5.69 Å². The Kier molecular flexibility index (Phi) is 4.64. The van der Waals surface area contributed by atoms with Crippen LogP contribution in [0.1, 0.15) is 11.1 Å². The lowest BCUT2D eigenvalue weighted by Crippen LogP contribution is -2.20. The topological polar surface area (TPSA) is 89.3 Å². The monoisotopic (exact) mass is 342 g/mol. The molecule has 0 fully saturated rings. The van der Waals surface area contributed by atoms with E-state index in [1.807, 2.05) is 44.2 Å². The van der Waals surface area contributed by atoms with Gasteiger partial charge in [-0.3, -0.25) is 10.2 Å². The summed E-state index contributed by atoms with van der Waals surface area (Å²) < 4.78 is 6.55. The number of hydrogen-bond donors (Lipinski definition) is 3. The van der Waals surface area contributed by atoms with Crippen LogP contribution in [-0.2, 0) is 4.79 Å². The number of nitrogens with zero attached hydrogens (tertiary/aromatic N) is 1. The Bertz CT molecular complexity index is 891. The first kappa shape index (κ1) is 16.2. The predicted octanol–water partition coefficient (Wildman–Crippen LogP) is 3.22. The highest BCUT2D eigenvalue weighted by molar-refractivity contribution is 7.22. The molecule has 6 nitrogen and oxygen atoms in total. The van der Waals surface area contributed by atoms with Crippen molar-refractivity contribution < 1.29 is 9.53 Å². The molecular formula is C17H18N4O2S. The van der Waals surface area contributed by atoms with E-state index in [-0.39, 0.29) is 12.5 Å². The molecule has 3 aromatic rings. The van der Waals surface area contributed by atoms with Gasteiger partial charge in [0.1, 0.15) is 5.75 Å². The molecule has 1 heterocycles. The van der Waals surface area contributed by atoms with E-state index in [1.54, 1.807) is 6.07 Å². The van der Waals surface area contributed by atoms with Crippen LogP contribution in [0.5, 0.6) is 5.75 Å². The molecule has 0 radical (unpaired) electrons. The molecule has 0 saturated heterocycles. The number of fused-ring (bicyclic) bond motifs is 1. The molecule has 0 saturated carbocycles. The number of aryl methyl sites for hydroxylation is 1. The number of ether oxygens (including phenoxy) is 1. The summed E-state index contributed by atoms with van der Waals surface area (Å²) in [4.78, 5) is 16.4. The zero-order chi connectivity index (χ0) is 17.1. The average Bonchev–Trinajstić information content (AvgIpc) is 2.98. The second kappa shape index (κ2) is 6.86. The molecule has 0 bridgehead atoms. The smallest absolute Gasteiger partial charge is 0.262 e. The molecule has 7 heteroatoms. The van der Waals surface area contributed by atoms with Crippen molar-refractivity contribution in [2.45, 2.75) is 13.8 Å². The van der Waals surface area contributed by atoms with E-state index in [0.717, 1.165) is 27.1 Å². The molecule has 0 aliphatic heterocycles. The molecule has 0 unspecified atom stereocenters. The number of aromatic nitrogens is 1. The fourth-order valence-corrected chi connectivity index (χ4v) is 3.10. The summed E-state index contributed by atoms with van der Waals surface area (Å²) >= 11 is 1.42. The number of nitrogens with one attached hydrogen (secondary N) is 2. The maximum atomic E-state index is 12.1. The molecule has 24 heavy (non-hydrogen) atoms. The lowest BCUT2D eigenvalue weighted by atomic mass is 10.1. The van der Waals surface area contributed by atoms with E-state index in [0.29, 0.717) is 10.8 Å². The molecule has 1 aromatic heterocycles. The van der Waals surface area contributed by atoms with Gasteiger partial charge in [-0.1, -0.05) is 23.5 Å². The molecule has 3 rings (SSSR count). The lowest BCUT2D eigenvalue weighted by Gasteiger charge is -2.11. The number of carbonyl (C=O) groups is 1. The number of nitrogens with two attached hydrogens (primary N) is 1. The second-order valence-electron chi connectivity index (χ2n) is 5.38. The van der Waals surface area contributed by atoms with Crippen molar-refractivity contribution in [3.63, 3.8) is 0 Å². The fourth-order valence-electron chi connectivity index (χ4n) is 2.29. The molecular weight excluding hydrogens is 324 g/mol. The first-order valence-corrected chi connectivity index (χ1v) is 8.24. The van der Waals surface area contributed by atoms with Crippen LogP contribution in [0.15, 0.2) is 36.4 Å². The Balaban J connectivity index is 1.65. The quantitative estimate of drug-likeness (QED) is 0.489. The number of rotatable bonds is 5. The zero-order valence-electron chi connectivity index (χ0n) is 13.4. The minimum atomic E-state index is -0.211. The van der Waals surface area contributed by atoms with Crippen LogP contribution in [0.3, 0.4) is 0 Å². The van der Waals surface area contributed by atoms with Gasteiger partial charge in [-0.2, -0.15) is 0 Å². The Morgan fingerprint density at radius 2 is 2.12 bits per heavy atom. The van der Waals surface area contributed by atoms with Crippen molar-refractivity contribution in [1.82, 2.24) is 4.98 Å². The van der Waals surface area contributed by atoms with Gasteiger partial charge < -0.3 is 10.1 Å². The third-order valence-corrected chi connectivity index (χ3v) is 4.66. The molecule has 0 aliphatic carbocycles. The van der Waals surface area contributed by atoms with Gasteiger partial charge in [0.05, 0.1) is 10.2 Å². The number of nitrogen functional groups attached to an aromatic ring is 1. The maximum absolute atomic E-state index is 12.1. The van der Waals surface area contributed by atoms with E-state index in [9.17, 15) is 4.79 Å². The van der Waals surface area contributed by atoms with Crippen LogP contribution in [0.4, 0.5) is 10.8 Å². The molecule has 4 N–H and O–H groups in total. The first-order valence-electron chi connectivity index (χ1n) is 7.43. The van der Waals surface area contributed by atoms with Gasteiger partial charge in [-0.15, -0.1) is 0 Å². The second-order valence-corrected chi connectivity index (χ2v) is 6.41. The Morgan fingerprint density at radius 1 is 1.29 bits per heavy atom. The molecule has 0 atom stereocenters. The molecule has 0 aliphatic rings. The summed E-state index contributed by atoms with van der Waals surface area (Å²) in [5.74, 6) is 5.87. The highest BCUT2D eigenvalue weighted by atomic mass is 32.1. The number of benzene rings is 2. The van der Waals surface area contributed by atoms with Crippen LogP contribution in [0.2, 0.25) is 0 Å². The SMILES string of the molecule is Cc1cccc(OCC(=O)Nc2ccc3nc(NN)sc3c2)c1C. The number of carbonyl (C=O) groups excluding carboxylic acids is 1. The van der Waals surface area contributed by atoms with E-state index in [1.165, 1.54) is 11.3 Å². The summed E-state index contributed by atoms with van der Waals surface area (Å²) in [7, 11) is 0. The Labute approximate surface area is 143 Å². The average molecular weight is 342 g/mol. The van der Waals surface area contributed by atoms with Crippen molar-refractivity contribution in [1.29, 1.82) is 0 Å².